The Kier molecular flexibility index (Phi) is 2.96. The average Bonchev–Trinajstić information content (AvgIpc) is 2.39. The molecule has 1 aromatic carbocycles. The SMILES string of the molecule is c1ccc([C@@H]2CCCN3CCCCC23)cc1. The van der Waals surface area contributed by atoms with Crippen molar-refractivity contribution in [1.29, 1.82) is 0 Å². The summed E-state index contributed by atoms with van der Waals surface area (Å²) in [5.74, 6) is 0.801. The van der Waals surface area contributed by atoms with E-state index in [1.54, 1.807) is 5.56 Å². The largest absolute Gasteiger partial charge is 0.300 e. The molecule has 2 heterocycles. The Labute approximate surface area is 98.5 Å². The van der Waals surface area contributed by atoms with Crippen molar-refractivity contribution < 1.29 is 0 Å². The van der Waals surface area contributed by atoms with Crippen LogP contribution < -0.4 is 0 Å². The molecule has 0 radical (unpaired) electrons. The smallest absolute Gasteiger partial charge is 0.0164 e. The molecule has 2 saturated heterocycles. The summed E-state index contributed by atoms with van der Waals surface area (Å²) in [7, 11) is 0. The second kappa shape index (κ2) is 4.58. The van der Waals surface area contributed by atoms with Gasteiger partial charge in [0.05, 0.1) is 0 Å². The number of benzene rings is 1. The fourth-order valence-electron chi connectivity index (χ4n) is 3.55. The van der Waals surface area contributed by atoms with Gasteiger partial charge in [0.15, 0.2) is 0 Å². The molecule has 0 aliphatic carbocycles. The predicted octanol–water partition coefficient (Wildman–Crippen LogP) is 3.42. The van der Waals surface area contributed by atoms with Crippen LogP contribution in [0.1, 0.15) is 43.6 Å². The minimum atomic E-state index is 0.801. The van der Waals surface area contributed by atoms with Crippen molar-refractivity contribution in [3.63, 3.8) is 0 Å². The van der Waals surface area contributed by atoms with Crippen molar-refractivity contribution in [3.05, 3.63) is 35.9 Å². The van der Waals surface area contributed by atoms with Gasteiger partial charge in [-0.2, -0.15) is 0 Å². The number of hydrogen-bond acceptors (Lipinski definition) is 1. The standard InChI is InChI=1S/C15H21N/c1-2-7-13(8-3-1)14-9-6-12-16-11-5-4-10-15(14)16/h1-3,7-8,14-15H,4-6,9-12H2/t14-,15?/m0/s1. The minimum absolute atomic E-state index is 0.801. The number of nitrogens with zero attached hydrogens (tertiary/aromatic N) is 1. The molecule has 2 aliphatic heterocycles. The van der Waals surface area contributed by atoms with Gasteiger partial charge >= 0.3 is 0 Å². The fraction of sp³-hybridized carbons (Fsp3) is 0.600. The molecule has 0 bridgehead atoms. The van der Waals surface area contributed by atoms with Crippen LogP contribution in [0.15, 0.2) is 30.3 Å². The highest BCUT2D eigenvalue weighted by molar-refractivity contribution is 5.22. The highest BCUT2D eigenvalue weighted by Crippen LogP contribution is 2.37. The van der Waals surface area contributed by atoms with E-state index in [0.717, 1.165) is 12.0 Å². The first-order valence-electron chi connectivity index (χ1n) is 6.74. The lowest BCUT2D eigenvalue weighted by Gasteiger charge is -2.44. The Bertz CT molecular complexity index is 331. The van der Waals surface area contributed by atoms with Crippen molar-refractivity contribution >= 4 is 0 Å². The molecule has 2 fully saturated rings. The van der Waals surface area contributed by atoms with Gasteiger partial charge in [-0.15, -0.1) is 0 Å². The van der Waals surface area contributed by atoms with Crippen molar-refractivity contribution in [2.24, 2.45) is 0 Å². The normalized spacial score (nSPS) is 31.0. The molecule has 86 valence electrons. The van der Waals surface area contributed by atoms with Gasteiger partial charge in [0.1, 0.15) is 0 Å². The molecule has 0 amide bonds. The summed E-state index contributed by atoms with van der Waals surface area (Å²) in [5, 5.41) is 0. The van der Waals surface area contributed by atoms with Crippen LogP contribution in [0, 0.1) is 0 Å². The first-order chi connectivity index (χ1) is 7.95. The second-order valence-corrected chi connectivity index (χ2v) is 5.26. The Morgan fingerprint density at radius 1 is 0.875 bits per heavy atom. The minimum Gasteiger partial charge on any atom is -0.300 e. The van der Waals surface area contributed by atoms with Gasteiger partial charge in [-0.1, -0.05) is 36.8 Å². The molecule has 0 N–H and O–H groups in total. The van der Waals surface area contributed by atoms with Gasteiger partial charge in [0.2, 0.25) is 0 Å². The van der Waals surface area contributed by atoms with Crippen molar-refractivity contribution in [2.45, 2.75) is 44.1 Å². The summed E-state index contributed by atoms with van der Waals surface area (Å²) in [6.07, 6.45) is 7.04. The molecule has 1 nitrogen and oxygen atoms in total. The van der Waals surface area contributed by atoms with E-state index < -0.39 is 0 Å². The van der Waals surface area contributed by atoms with Crippen LogP contribution in [0.2, 0.25) is 0 Å². The van der Waals surface area contributed by atoms with E-state index in [1.807, 2.05) is 0 Å². The molecule has 3 rings (SSSR count). The zero-order chi connectivity index (χ0) is 10.8. The molecule has 0 saturated carbocycles. The summed E-state index contributed by atoms with van der Waals surface area (Å²) >= 11 is 0. The number of piperidine rings is 2. The van der Waals surface area contributed by atoms with E-state index in [9.17, 15) is 0 Å². The molecule has 0 spiro atoms. The van der Waals surface area contributed by atoms with Crippen LogP contribution in [0.3, 0.4) is 0 Å². The average molecular weight is 215 g/mol. The van der Waals surface area contributed by atoms with Gasteiger partial charge in [-0.25, -0.2) is 0 Å². The number of hydrogen-bond donors (Lipinski definition) is 0. The summed E-state index contributed by atoms with van der Waals surface area (Å²) < 4.78 is 0. The van der Waals surface area contributed by atoms with Gasteiger partial charge in [0.25, 0.3) is 0 Å². The van der Waals surface area contributed by atoms with E-state index in [0.29, 0.717) is 0 Å². The Hall–Kier alpha value is -0.820. The van der Waals surface area contributed by atoms with Gasteiger partial charge < -0.3 is 0 Å². The maximum absolute atomic E-state index is 2.74. The molecule has 2 aliphatic rings. The lowest BCUT2D eigenvalue weighted by atomic mass is 9.79. The zero-order valence-corrected chi connectivity index (χ0v) is 9.94. The topological polar surface area (TPSA) is 3.24 Å². The molecule has 16 heavy (non-hydrogen) atoms. The van der Waals surface area contributed by atoms with Crippen molar-refractivity contribution in [1.82, 2.24) is 4.90 Å². The third-order valence-corrected chi connectivity index (χ3v) is 4.32. The first-order valence-corrected chi connectivity index (χ1v) is 6.74. The Morgan fingerprint density at radius 3 is 2.56 bits per heavy atom. The predicted molar refractivity (Wildman–Crippen MR) is 67.6 cm³/mol. The fourth-order valence-corrected chi connectivity index (χ4v) is 3.55. The summed E-state index contributed by atoms with van der Waals surface area (Å²) in [4.78, 5) is 2.74. The highest BCUT2D eigenvalue weighted by Gasteiger charge is 2.33. The van der Waals surface area contributed by atoms with Crippen LogP contribution in [-0.2, 0) is 0 Å². The molecule has 1 unspecified atom stereocenters. The summed E-state index contributed by atoms with van der Waals surface area (Å²) in [6, 6.07) is 12.0. The van der Waals surface area contributed by atoms with E-state index in [2.05, 4.69) is 35.2 Å². The van der Waals surface area contributed by atoms with Crippen LogP contribution in [-0.4, -0.2) is 24.0 Å². The summed E-state index contributed by atoms with van der Waals surface area (Å²) in [5.41, 5.74) is 1.57. The Morgan fingerprint density at radius 2 is 1.69 bits per heavy atom. The zero-order valence-electron chi connectivity index (χ0n) is 9.94. The maximum Gasteiger partial charge on any atom is 0.0164 e. The van der Waals surface area contributed by atoms with Crippen LogP contribution in [0.25, 0.3) is 0 Å². The monoisotopic (exact) mass is 215 g/mol. The summed E-state index contributed by atoms with van der Waals surface area (Å²) in [6.45, 7) is 2.68. The molecular weight excluding hydrogens is 194 g/mol. The third kappa shape index (κ3) is 1.89. The number of fused-ring (bicyclic) bond motifs is 1. The second-order valence-electron chi connectivity index (χ2n) is 5.26. The lowest BCUT2D eigenvalue weighted by Crippen LogP contribution is -2.46. The van der Waals surface area contributed by atoms with E-state index in [4.69, 9.17) is 0 Å². The van der Waals surface area contributed by atoms with Crippen LogP contribution in [0.4, 0.5) is 0 Å². The third-order valence-electron chi connectivity index (χ3n) is 4.32. The van der Waals surface area contributed by atoms with E-state index in [-0.39, 0.29) is 0 Å². The molecule has 1 aromatic rings. The van der Waals surface area contributed by atoms with Crippen LogP contribution >= 0.6 is 0 Å². The molecule has 2 atom stereocenters. The van der Waals surface area contributed by atoms with Crippen molar-refractivity contribution in [2.75, 3.05) is 13.1 Å². The Balaban J connectivity index is 1.83. The molecule has 0 aromatic heterocycles. The first kappa shape index (κ1) is 10.3. The van der Waals surface area contributed by atoms with E-state index >= 15 is 0 Å². The maximum atomic E-state index is 2.74. The van der Waals surface area contributed by atoms with Crippen molar-refractivity contribution in [3.8, 4) is 0 Å². The highest BCUT2D eigenvalue weighted by atomic mass is 15.2. The lowest BCUT2D eigenvalue weighted by molar-refractivity contribution is 0.0894. The van der Waals surface area contributed by atoms with Gasteiger partial charge in [0, 0.05) is 6.04 Å². The van der Waals surface area contributed by atoms with Crippen LogP contribution in [0.5, 0.6) is 0 Å². The molecular formula is C15H21N. The molecule has 1 heteroatoms. The number of rotatable bonds is 1. The quantitative estimate of drug-likeness (QED) is 0.694. The van der Waals surface area contributed by atoms with Gasteiger partial charge in [-0.05, 0) is 50.3 Å². The van der Waals surface area contributed by atoms with Gasteiger partial charge in [-0.3, -0.25) is 4.90 Å². The van der Waals surface area contributed by atoms with E-state index in [1.165, 1.54) is 45.2 Å².